The van der Waals surface area contributed by atoms with Crippen LogP contribution in [-0.2, 0) is 14.3 Å². The molecule has 0 bridgehead atoms. The predicted octanol–water partition coefficient (Wildman–Crippen LogP) is 1.28. The Balaban J connectivity index is 1.95. The molecule has 3 aliphatic rings. The second kappa shape index (κ2) is 3.08. The number of hydrogen-bond donors (Lipinski definition) is 0. The van der Waals surface area contributed by atoms with Crippen molar-refractivity contribution < 1.29 is 14.3 Å². The summed E-state index contributed by atoms with van der Waals surface area (Å²) in [5.74, 6) is -0.257. The molecule has 4 heteroatoms. The van der Waals surface area contributed by atoms with Crippen LogP contribution >= 0.6 is 0 Å². The quantitative estimate of drug-likeness (QED) is 0.621. The first-order valence-electron chi connectivity index (χ1n) is 5.80. The van der Waals surface area contributed by atoms with Crippen LogP contribution in [0, 0.1) is 5.41 Å². The molecule has 2 fully saturated rings. The molecule has 0 saturated carbocycles. The van der Waals surface area contributed by atoms with Gasteiger partial charge in [-0.2, -0.15) is 0 Å². The fourth-order valence-corrected chi connectivity index (χ4v) is 3.25. The Morgan fingerprint density at radius 1 is 1.38 bits per heavy atom. The number of carbonyl (C=O) groups excluding carboxylic acids is 1. The van der Waals surface area contributed by atoms with Gasteiger partial charge in [-0.1, -0.05) is 13.0 Å². The molecule has 1 unspecified atom stereocenters. The number of rotatable bonds is 0. The highest BCUT2D eigenvalue weighted by atomic mass is 16.7. The molecule has 1 amide bonds. The van der Waals surface area contributed by atoms with Gasteiger partial charge in [-0.25, -0.2) is 0 Å². The lowest BCUT2D eigenvalue weighted by molar-refractivity contribution is -0.178. The summed E-state index contributed by atoms with van der Waals surface area (Å²) in [6.07, 6.45) is 4.24. The molecule has 1 aliphatic carbocycles. The fourth-order valence-electron chi connectivity index (χ4n) is 3.25. The molecule has 1 spiro atoms. The van der Waals surface area contributed by atoms with Gasteiger partial charge in [0, 0.05) is 37.4 Å². The zero-order chi connectivity index (χ0) is 11.4. The topological polar surface area (TPSA) is 38.8 Å². The first kappa shape index (κ1) is 10.3. The molecule has 3 rings (SSSR count). The Hall–Kier alpha value is -0.870. The largest absolute Gasteiger partial charge is 0.347 e. The lowest BCUT2D eigenvalue weighted by atomic mass is 9.75. The predicted molar refractivity (Wildman–Crippen MR) is 57.4 cm³/mol. The Bertz CT molecular complexity index is 370. The highest BCUT2D eigenvalue weighted by Gasteiger charge is 2.53. The van der Waals surface area contributed by atoms with E-state index in [0.29, 0.717) is 19.6 Å². The van der Waals surface area contributed by atoms with E-state index in [1.165, 1.54) is 0 Å². The monoisotopic (exact) mass is 223 g/mol. The number of ether oxygens (including phenoxy) is 2. The van der Waals surface area contributed by atoms with Gasteiger partial charge in [-0.05, 0) is 0 Å². The van der Waals surface area contributed by atoms with Crippen molar-refractivity contribution >= 4 is 5.91 Å². The lowest BCUT2D eigenvalue weighted by Crippen LogP contribution is -2.40. The van der Waals surface area contributed by atoms with Gasteiger partial charge in [0.2, 0.25) is 5.91 Å². The summed E-state index contributed by atoms with van der Waals surface area (Å²) >= 11 is 0. The third kappa shape index (κ3) is 1.26. The van der Waals surface area contributed by atoms with E-state index in [0.717, 1.165) is 18.5 Å². The molecule has 0 aromatic carbocycles. The minimum atomic E-state index is -0.455. The molecule has 0 N–H and O–H groups in total. The van der Waals surface area contributed by atoms with Crippen LogP contribution in [-0.4, -0.2) is 36.9 Å². The van der Waals surface area contributed by atoms with Crippen molar-refractivity contribution in [2.75, 3.05) is 20.3 Å². The zero-order valence-electron chi connectivity index (χ0n) is 9.78. The molecule has 2 heterocycles. The molecule has 2 saturated heterocycles. The maximum absolute atomic E-state index is 11.8. The molecule has 0 radical (unpaired) electrons. The third-order valence-electron chi connectivity index (χ3n) is 3.97. The second-order valence-corrected chi connectivity index (χ2v) is 5.27. The number of hydrogen-bond acceptors (Lipinski definition) is 3. The standard InChI is InChI=1S/C12H17NO3/c1-11-7-10(14)13(2)9(11)3-4-12(8-11)15-5-6-16-12/h3H,4-8H2,1-2H3. The SMILES string of the molecule is CN1C(=O)CC2(C)CC3(CC=C12)OCCO3. The van der Waals surface area contributed by atoms with E-state index in [4.69, 9.17) is 9.47 Å². The Morgan fingerprint density at radius 3 is 2.75 bits per heavy atom. The first-order chi connectivity index (χ1) is 7.55. The number of likely N-dealkylation sites (tertiary alicyclic amines) is 1. The minimum Gasteiger partial charge on any atom is -0.347 e. The summed E-state index contributed by atoms with van der Waals surface area (Å²) in [7, 11) is 1.85. The van der Waals surface area contributed by atoms with Crippen LogP contribution in [0.1, 0.15) is 26.2 Å². The van der Waals surface area contributed by atoms with E-state index in [2.05, 4.69) is 13.0 Å². The molecule has 4 nitrogen and oxygen atoms in total. The summed E-state index contributed by atoms with van der Waals surface area (Å²) in [6, 6.07) is 0. The van der Waals surface area contributed by atoms with Gasteiger partial charge in [0.25, 0.3) is 0 Å². The zero-order valence-corrected chi connectivity index (χ0v) is 9.78. The van der Waals surface area contributed by atoms with E-state index < -0.39 is 5.79 Å². The highest BCUT2D eigenvalue weighted by Crippen LogP contribution is 2.51. The molecule has 2 aliphatic heterocycles. The van der Waals surface area contributed by atoms with E-state index in [1.54, 1.807) is 4.90 Å². The number of allylic oxidation sites excluding steroid dienone is 1. The fraction of sp³-hybridized carbons (Fsp3) is 0.750. The molecule has 1 atom stereocenters. The van der Waals surface area contributed by atoms with Crippen LogP contribution < -0.4 is 0 Å². The summed E-state index contributed by atoms with van der Waals surface area (Å²) in [6.45, 7) is 3.47. The molecule has 16 heavy (non-hydrogen) atoms. The summed E-state index contributed by atoms with van der Waals surface area (Å²) in [5.41, 5.74) is 1.04. The summed E-state index contributed by atoms with van der Waals surface area (Å²) in [5, 5.41) is 0. The average molecular weight is 223 g/mol. The van der Waals surface area contributed by atoms with Crippen molar-refractivity contribution in [3.63, 3.8) is 0 Å². The van der Waals surface area contributed by atoms with Gasteiger partial charge >= 0.3 is 0 Å². The number of carbonyl (C=O) groups is 1. The van der Waals surface area contributed by atoms with Crippen LogP contribution in [0.5, 0.6) is 0 Å². The van der Waals surface area contributed by atoms with Crippen molar-refractivity contribution in [2.24, 2.45) is 5.41 Å². The number of nitrogens with zero attached hydrogens (tertiary/aromatic N) is 1. The van der Waals surface area contributed by atoms with Crippen LogP contribution in [0.4, 0.5) is 0 Å². The van der Waals surface area contributed by atoms with Crippen molar-refractivity contribution in [3.05, 3.63) is 11.8 Å². The maximum Gasteiger partial charge on any atom is 0.227 e. The van der Waals surface area contributed by atoms with Crippen LogP contribution in [0.3, 0.4) is 0 Å². The maximum atomic E-state index is 11.8. The van der Waals surface area contributed by atoms with Crippen LogP contribution in [0.15, 0.2) is 11.8 Å². The Morgan fingerprint density at radius 2 is 2.06 bits per heavy atom. The van der Waals surface area contributed by atoms with E-state index >= 15 is 0 Å². The number of amides is 1. The van der Waals surface area contributed by atoms with Crippen molar-refractivity contribution in [3.8, 4) is 0 Å². The molecule has 0 aromatic heterocycles. The first-order valence-corrected chi connectivity index (χ1v) is 5.80. The van der Waals surface area contributed by atoms with Gasteiger partial charge in [0.05, 0.1) is 13.2 Å². The Labute approximate surface area is 95.2 Å². The lowest BCUT2D eigenvalue weighted by Gasteiger charge is -2.40. The summed E-state index contributed by atoms with van der Waals surface area (Å²) < 4.78 is 11.5. The van der Waals surface area contributed by atoms with E-state index in [9.17, 15) is 4.79 Å². The van der Waals surface area contributed by atoms with Crippen molar-refractivity contribution in [1.29, 1.82) is 0 Å². The molecular formula is C12H17NO3. The van der Waals surface area contributed by atoms with Gasteiger partial charge in [-0.15, -0.1) is 0 Å². The summed E-state index contributed by atoms with van der Waals surface area (Å²) in [4.78, 5) is 13.5. The van der Waals surface area contributed by atoms with Gasteiger partial charge in [-0.3, -0.25) is 4.79 Å². The van der Waals surface area contributed by atoms with E-state index in [1.807, 2.05) is 7.05 Å². The molecular weight excluding hydrogens is 206 g/mol. The van der Waals surface area contributed by atoms with Crippen LogP contribution in [0.2, 0.25) is 0 Å². The number of fused-ring (bicyclic) bond motifs is 1. The smallest absolute Gasteiger partial charge is 0.227 e. The second-order valence-electron chi connectivity index (χ2n) is 5.27. The Kier molecular flexibility index (Phi) is 1.98. The van der Waals surface area contributed by atoms with Gasteiger partial charge in [0.1, 0.15) is 0 Å². The van der Waals surface area contributed by atoms with Crippen molar-refractivity contribution in [2.45, 2.75) is 32.0 Å². The normalized spacial score (nSPS) is 36.8. The third-order valence-corrected chi connectivity index (χ3v) is 3.97. The van der Waals surface area contributed by atoms with Crippen LogP contribution in [0.25, 0.3) is 0 Å². The van der Waals surface area contributed by atoms with Gasteiger partial charge in [0.15, 0.2) is 5.79 Å². The molecule has 0 aromatic rings. The highest BCUT2D eigenvalue weighted by molar-refractivity contribution is 5.83. The average Bonchev–Trinajstić information content (AvgIpc) is 2.72. The van der Waals surface area contributed by atoms with E-state index in [-0.39, 0.29) is 11.3 Å². The van der Waals surface area contributed by atoms with Gasteiger partial charge < -0.3 is 14.4 Å². The molecule has 88 valence electrons. The van der Waals surface area contributed by atoms with Crippen molar-refractivity contribution in [1.82, 2.24) is 4.90 Å². The minimum absolute atomic E-state index is 0.103.